The molecule has 1 aliphatic rings. The van der Waals surface area contributed by atoms with E-state index in [0.717, 1.165) is 26.1 Å². The van der Waals surface area contributed by atoms with Crippen LogP contribution in [0, 0.1) is 0 Å². The normalized spacial score (nSPS) is 17.8. The van der Waals surface area contributed by atoms with Gasteiger partial charge in [0.1, 0.15) is 0 Å². The molecule has 0 spiro atoms. The molecular weight excluding hydrogens is 352 g/mol. The lowest BCUT2D eigenvalue weighted by Crippen LogP contribution is -2.39. The fraction of sp³-hybridized carbons (Fsp3) is 0.278. The molecule has 8 heteroatoms. The summed E-state index contributed by atoms with van der Waals surface area (Å²) in [7, 11) is -3.80. The first-order chi connectivity index (χ1) is 12.4. The Labute approximate surface area is 153 Å². The molecule has 1 fully saturated rings. The van der Waals surface area contributed by atoms with Gasteiger partial charge in [0.15, 0.2) is 0 Å². The molecule has 0 saturated carbocycles. The van der Waals surface area contributed by atoms with Crippen LogP contribution in [0.2, 0.25) is 0 Å². The summed E-state index contributed by atoms with van der Waals surface area (Å²) in [5, 5.41) is 10.7. The predicted octanol–water partition coefficient (Wildman–Crippen LogP) is 1.73. The van der Waals surface area contributed by atoms with Crippen LogP contribution in [0.15, 0.2) is 59.5 Å². The van der Waals surface area contributed by atoms with Crippen LogP contribution in [0.3, 0.4) is 0 Å². The summed E-state index contributed by atoms with van der Waals surface area (Å²) in [6, 6.07) is 15.8. The van der Waals surface area contributed by atoms with Crippen molar-refractivity contribution in [3.05, 3.63) is 60.2 Å². The van der Waals surface area contributed by atoms with E-state index in [-0.39, 0.29) is 17.0 Å². The van der Waals surface area contributed by atoms with Crippen molar-refractivity contribution in [1.29, 1.82) is 0 Å². The molecule has 1 heterocycles. The lowest BCUT2D eigenvalue weighted by molar-refractivity contribution is 0.247. The van der Waals surface area contributed by atoms with Crippen molar-refractivity contribution in [2.24, 2.45) is 5.14 Å². The number of rotatable bonds is 5. The minimum Gasteiger partial charge on any atom is -0.334 e. The molecular formula is C18H22N4O3S. The van der Waals surface area contributed by atoms with Crippen LogP contribution in [-0.4, -0.2) is 38.5 Å². The summed E-state index contributed by atoms with van der Waals surface area (Å²) in [5.41, 5.74) is 1.63. The first kappa shape index (κ1) is 18.4. The van der Waals surface area contributed by atoms with E-state index in [1.165, 1.54) is 23.8 Å². The van der Waals surface area contributed by atoms with Crippen molar-refractivity contribution in [2.75, 3.05) is 18.4 Å². The summed E-state index contributed by atoms with van der Waals surface area (Å²) < 4.78 is 22.8. The first-order valence-electron chi connectivity index (χ1n) is 8.37. The van der Waals surface area contributed by atoms with Gasteiger partial charge in [-0.25, -0.2) is 18.4 Å². The third-order valence-electron chi connectivity index (χ3n) is 4.28. The second kappa shape index (κ2) is 7.86. The van der Waals surface area contributed by atoms with E-state index < -0.39 is 10.0 Å². The van der Waals surface area contributed by atoms with E-state index in [1.807, 2.05) is 18.2 Å². The van der Waals surface area contributed by atoms with Gasteiger partial charge in [-0.2, -0.15) is 0 Å². The summed E-state index contributed by atoms with van der Waals surface area (Å²) >= 11 is 0. The second-order valence-electron chi connectivity index (χ2n) is 6.38. The van der Waals surface area contributed by atoms with Crippen LogP contribution in [0.1, 0.15) is 12.0 Å². The number of carbonyl (C=O) groups is 1. The number of nitrogens with two attached hydrogens (primary N) is 1. The molecule has 0 aromatic heterocycles. The van der Waals surface area contributed by atoms with Crippen LogP contribution in [0.5, 0.6) is 0 Å². The van der Waals surface area contributed by atoms with Crippen molar-refractivity contribution >= 4 is 21.7 Å². The van der Waals surface area contributed by atoms with Gasteiger partial charge in [-0.3, -0.25) is 4.90 Å². The number of urea groups is 1. The molecule has 0 bridgehead atoms. The average Bonchev–Trinajstić information content (AvgIpc) is 3.02. The number of carbonyl (C=O) groups excluding carboxylic acids is 1. The minimum absolute atomic E-state index is 0.0368. The van der Waals surface area contributed by atoms with E-state index in [0.29, 0.717) is 5.69 Å². The Morgan fingerprint density at radius 3 is 2.65 bits per heavy atom. The SMILES string of the molecule is NS(=O)(=O)c1cccc(NC(=O)NC2CCN(Cc3ccccc3)C2)c1. The molecule has 1 atom stereocenters. The van der Waals surface area contributed by atoms with Crippen LogP contribution < -0.4 is 15.8 Å². The zero-order valence-corrected chi connectivity index (χ0v) is 15.1. The minimum atomic E-state index is -3.80. The second-order valence-corrected chi connectivity index (χ2v) is 7.94. The van der Waals surface area contributed by atoms with E-state index in [1.54, 1.807) is 6.07 Å². The number of nitrogens with one attached hydrogen (secondary N) is 2. The Morgan fingerprint density at radius 2 is 1.92 bits per heavy atom. The topological polar surface area (TPSA) is 105 Å². The van der Waals surface area contributed by atoms with Gasteiger partial charge in [0.25, 0.3) is 0 Å². The number of anilines is 1. The Bertz CT molecular complexity index is 871. The smallest absolute Gasteiger partial charge is 0.319 e. The van der Waals surface area contributed by atoms with Gasteiger partial charge in [0.2, 0.25) is 10.0 Å². The van der Waals surface area contributed by atoms with Crippen molar-refractivity contribution in [2.45, 2.75) is 23.9 Å². The molecule has 2 aromatic carbocycles. The van der Waals surface area contributed by atoms with Gasteiger partial charge in [-0.1, -0.05) is 36.4 Å². The number of likely N-dealkylation sites (tertiary alicyclic amines) is 1. The van der Waals surface area contributed by atoms with E-state index in [9.17, 15) is 13.2 Å². The fourth-order valence-electron chi connectivity index (χ4n) is 3.04. The maximum absolute atomic E-state index is 12.2. The van der Waals surface area contributed by atoms with Crippen LogP contribution in [0.25, 0.3) is 0 Å². The van der Waals surface area contributed by atoms with Crippen molar-refractivity contribution < 1.29 is 13.2 Å². The Morgan fingerprint density at radius 1 is 1.15 bits per heavy atom. The maximum atomic E-state index is 12.2. The number of nitrogens with zero attached hydrogens (tertiary/aromatic N) is 1. The molecule has 4 N–H and O–H groups in total. The molecule has 3 rings (SSSR count). The van der Waals surface area contributed by atoms with E-state index >= 15 is 0 Å². The van der Waals surface area contributed by atoms with Gasteiger partial charge in [-0.15, -0.1) is 0 Å². The number of sulfonamides is 1. The van der Waals surface area contributed by atoms with E-state index in [4.69, 9.17) is 5.14 Å². The number of primary sulfonamides is 1. The zero-order chi connectivity index (χ0) is 18.6. The predicted molar refractivity (Wildman–Crippen MR) is 100 cm³/mol. The average molecular weight is 374 g/mol. The standard InChI is InChI=1S/C18H22N4O3S/c19-26(24,25)17-8-4-7-15(11-17)20-18(23)21-16-9-10-22(13-16)12-14-5-2-1-3-6-14/h1-8,11,16H,9-10,12-13H2,(H2,19,24,25)(H2,20,21,23). The summed E-state index contributed by atoms with van der Waals surface area (Å²) in [6.07, 6.45) is 0.872. The number of amides is 2. The molecule has 138 valence electrons. The Kier molecular flexibility index (Phi) is 5.55. The maximum Gasteiger partial charge on any atom is 0.319 e. The van der Waals surface area contributed by atoms with Gasteiger partial charge >= 0.3 is 6.03 Å². The molecule has 0 radical (unpaired) electrons. The highest BCUT2D eigenvalue weighted by Gasteiger charge is 2.23. The van der Waals surface area contributed by atoms with Crippen molar-refractivity contribution in [3.63, 3.8) is 0 Å². The molecule has 1 unspecified atom stereocenters. The quantitative estimate of drug-likeness (QED) is 0.741. The van der Waals surface area contributed by atoms with Crippen molar-refractivity contribution in [1.82, 2.24) is 10.2 Å². The van der Waals surface area contributed by atoms with Crippen LogP contribution >= 0.6 is 0 Å². The number of benzene rings is 2. The first-order valence-corrected chi connectivity index (χ1v) is 9.91. The summed E-state index contributed by atoms with van der Waals surface area (Å²) in [4.78, 5) is 14.4. The molecule has 1 saturated heterocycles. The molecule has 2 amide bonds. The van der Waals surface area contributed by atoms with Gasteiger partial charge in [0.05, 0.1) is 4.90 Å². The molecule has 1 aliphatic heterocycles. The van der Waals surface area contributed by atoms with Gasteiger partial charge < -0.3 is 10.6 Å². The molecule has 7 nitrogen and oxygen atoms in total. The summed E-state index contributed by atoms with van der Waals surface area (Å²) in [5.74, 6) is 0. The van der Waals surface area contributed by atoms with Crippen molar-refractivity contribution in [3.8, 4) is 0 Å². The molecule has 2 aromatic rings. The van der Waals surface area contributed by atoms with Gasteiger partial charge in [0, 0.05) is 31.4 Å². The Hall–Kier alpha value is -2.42. The number of hydrogen-bond acceptors (Lipinski definition) is 4. The lowest BCUT2D eigenvalue weighted by Gasteiger charge is -2.17. The third kappa shape index (κ3) is 5.04. The van der Waals surface area contributed by atoms with Crippen LogP contribution in [-0.2, 0) is 16.6 Å². The summed E-state index contributed by atoms with van der Waals surface area (Å²) in [6.45, 7) is 2.55. The highest BCUT2D eigenvalue weighted by atomic mass is 32.2. The van der Waals surface area contributed by atoms with E-state index in [2.05, 4.69) is 27.7 Å². The van der Waals surface area contributed by atoms with Gasteiger partial charge in [-0.05, 0) is 30.2 Å². The highest BCUT2D eigenvalue weighted by Crippen LogP contribution is 2.16. The highest BCUT2D eigenvalue weighted by molar-refractivity contribution is 7.89. The number of hydrogen-bond donors (Lipinski definition) is 3. The molecule has 26 heavy (non-hydrogen) atoms. The van der Waals surface area contributed by atoms with Crippen LogP contribution in [0.4, 0.5) is 10.5 Å². The lowest BCUT2D eigenvalue weighted by atomic mass is 10.2. The molecule has 0 aliphatic carbocycles. The largest absolute Gasteiger partial charge is 0.334 e. The zero-order valence-electron chi connectivity index (χ0n) is 14.3. The third-order valence-corrected chi connectivity index (χ3v) is 5.19. The fourth-order valence-corrected chi connectivity index (χ4v) is 3.60. The monoisotopic (exact) mass is 374 g/mol. The Balaban J connectivity index is 1.51.